The highest BCUT2D eigenvalue weighted by molar-refractivity contribution is 5.91. The number of aryl methyl sites for hydroxylation is 2. The highest BCUT2D eigenvalue weighted by atomic mass is 19.1. The number of amides is 1. The largest absolute Gasteiger partial charge is 0.293 e. The molecular weight excluding hydrogens is 287 g/mol. The Bertz CT molecular complexity index is 866. The van der Waals surface area contributed by atoms with Crippen LogP contribution >= 0.6 is 0 Å². The topological polar surface area (TPSA) is 77.1 Å². The normalized spacial score (nSPS) is 11.1. The molecule has 114 valence electrons. The summed E-state index contributed by atoms with van der Waals surface area (Å²) in [6.45, 7) is 3.77. The number of aromatic nitrogens is 5. The van der Waals surface area contributed by atoms with Gasteiger partial charge in [-0.3, -0.25) is 14.8 Å². The van der Waals surface area contributed by atoms with Gasteiger partial charge in [-0.15, -0.1) is 5.10 Å². The maximum Gasteiger partial charge on any atom is 0.249 e. The highest BCUT2D eigenvalue weighted by Crippen LogP contribution is 2.13. The van der Waals surface area contributed by atoms with Crippen LogP contribution in [0.3, 0.4) is 0 Å². The van der Waals surface area contributed by atoms with Crippen LogP contribution in [0.4, 0.5) is 10.3 Å². The average Bonchev–Trinajstić information content (AvgIpc) is 2.94. The zero-order chi connectivity index (χ0) is 15.9. The third-order valence-corrected chi connectivity index (χ3v) is 3.54. The van der Waals surface area contributed by atoms with Crippen LogP contribution < -0.4 is 5.32 Å². The predicted octanol–water partition coefficient (Wildman–Crippen LogP) is 1.40. The van der Waals surface area contributed by atoms with Crippen LogP contribution in [0.2, 0.25) is 0 Å². The Labute approximate surface area is 125 Å². The summed E-state index contributed by atoms with van der Waals surface area (Å²) < 4.78 is 16.1. The second-order valence-electron chi connectivity index (χ2n) is 5.08. The van der Waals surface area contributed by atoms with E-state index in [1.54, 1.807) is 4.68 Å². The number of nitrogens with zero attached hydrogens (tertiary/aromatic N) is 5. The predicted molar refractivity (Wildman–Crippen MR) is 78.0 cm³/mol. The summed E-state index contributed by atoms with van der Waals surface area (Å²) in [7, 11) is 1.84. The molecule has 0 aliphatic rings. The van der Waals surface area contributed by atoms with Crippen LogP contribution in [0, 0.1) is 19.7 Å². The summed E-state index contributed by atoms with van der Waals surface area (Å²) >= 11 is 0. The van der Waals surface area contributed by atoms with Gasteiger partial charge in [-0.25, -0.2) is 8.91 Å². The fourth-order valence-electron chi connectivity index (χ4n) is 2.31. The first-order valence-corrected chi connectivity index (χ1v) is 6.75. The van der Waals surface area contributed by atoms with Gasteiger partial charge in [0, 0.05) is 18.3 Å². The van der Waals surface area contributed by atoms with Crippen molar-refractivity contribution in [2.75, 3.05) is 5.32 Å². The van der Waals surface area contributed by atoms with E-state index in [1.165, 1.54) is 22.8 Å². The number of fused-ring (bicyclic) bond motifs is 1. The molecule has 22 heavy (non-hydrogen) atoms. The third-order valence-electron chi connectivity index (χ3n) is 3.54. The first-order valence-electron chi connectivity index (χ1n) is 6.75. The van der Waals surface area contributed by atoms with Crippen molar-refractivity contribution in [2.45, 2.75) is 20.3 Å². The number of hydrogen-bond donors (Lipinski definition) is 1. The van der Waals surface area contributed by atoms with Gasteiger partial charge in [0.05, 0.1) is 18.3 Å². The molecule has 0 atom stereocenters. The van der Waals surface area contributed by atoms with Crippen LogP contribution in [0.15, 0.2) is 18.3 Å². The Hall–Kier alpha value is -2.77. The number of carbonyl (C=O) groups excluding carboxylic acids is 1. The van der Waals surface area contributed by atoms with Crippen LogP contribution in [0.25, 0.3) is 5.65 Å². The van der Waals surface area contributed by atoms with E-state index >= 15 is 0 Å². The Balaban J connectivity index is 1.78. The molecule has 0 aliphatic heterocycles. The molecule has 0 aliphatic carbocycles. The molecule has 0 radical (unpaired) electrons. The second-order valence-corrected chi connectivity index (χ2v) is 5.08. The van der Waals surface area contributed by atoms with Crippen molar-refractivity contribution < 1.29 is 9.18 Å². The smallest absolute Gasteiger partial charge is 0.249 e. The molecule has 0 aromatic carbocycles. The van der Waals surface area contributed by atoms with E-state index in [0.29, 0.717) is 5.65 Å². The summed E-state index contributed by atoms with van der Waals surface area (Å²) in [6, 6.07) is 2.78. The maximum absolute atomic E-state index is 13.1. The molecular formula is C14H15FN6O. The molecule has 0 saturated heterocycles. The number of pyridine rings is 1. The van der Waals surface area contributed by atoms with Crippen LogP contribution in [0.1, 0.15) is 17.0 Å². The Morgan fingerprint density at radius 1 is 1.32 bits per heavy atom. The molecule has 1 N–H and O–H groups in total. The number of rotatable bonds is 3. The number of anilines is 1. The van der Waals surface area contributed by atoms with E-state index in [2.05, 4.69) is 20.5 Å². The summed E-state index contributed by atoms with van der Waals surface area (Å²) in [4.78, 5) is 16.2. The van der Waals surface area contributed by atoms with Crippen molar-refractivity contribution in [1.29, 1.82) is 0 Å². The number of carbonyl (C=O) groups is 1. The standard InChI is InChI=1S/C14H15FN6O/c1-8-11(9(2)20(3)18-8)6-13(22)17-14-16-12-5-4-10(15)7-21(12)19-14/h4-5,7H,6H2,1-3H3,(H,17,19,22). The van der Waals surface area contributed by atoms with Crippen molar-refractivity contribution in [2.24, 2.45) is 7.05 Å². The Kier molecular flexibility index (Phi) is 3.36. The van der Waals surface area contributed by atoms with Crippen LogP contribution in [-0.2, 0) is 18.3 Å². The fraction of sp³-hybridized carbons (Fsp3) is 0.286. The van der Waals surface area contributed by atoms with Crippen molar-refractivity contribution >= 4 is 17.5 Å². The first-order chi connectivity index (χ1) is 10.4. The zero-order valence-corrected chi connectivity index (χ0v) is 12.5. The van der Waals surface area contributed by atoms with Gasteiger partial charge >= 0.3 is 0 Å². The van der Waals surface area contributed by atoms with Gasteiger partial charge in [-0.1, -0.05) is 0 Å². The lowest BCUT2D eigenvalue weighted by Crippen LogP contribution is -2.16. The summed E-state index contributed by atoms with van der Waals surface area (Å²) in [5.74, 6) is -0.512. The lowest BCUT2D eigenvalue weighted by molar-refractivity contribution is -0.115. The van der Waals surface area contributed by atoms with E-state index in [-0.39, 0.29) is 18.3 Å². The van der Waals surface area contributed by atoms with Gasteiger partial charge in [-0.05, 0) is 26.0 Å². The third kappa shape index (κ3) is 2.54. The van der Waals surface area contributed by atoms with E-state index in [1.807, 2.05) is 20.9 Å². The summed E-state index contributed by atoms with van der Waals surface area (Å²) in [5.41, 5.74) is 3.11. The number of hydrogen-bond acceptors (Lipinski definition) is 4. The monoisotopic (exact) mass is 302 g/mol. The van der Waals surface area contributed by atoms with E-state index < -0.39 is 5.82 Å². The lowest BCUT2D eigenvalue weighted by Gasteiger charge is -2.02. The number of halogens is 1. The van der Waals surface area contributed by atoms with E-state index in [9.17, 15) is 9.18 Å². The Morgan fingerprint density at radius 2 is 2.09 bits per heavy atom. The minimum Gasteiger partial charge on any atom is -0.293 e. The SMILES string of the molecule is Cc1nn(C)c(C)c1CC(=O)Nc1nc2ccc(F)cn2n1. The molecule has 1 amide bonds. The molecule has 3 aromatic rings. The van der Waals surface area contributed by atoms with Gasteiger partial charge in [-0.2, -0.15) is 10.1 Å². The van der Waals surface area contributed by atoms with Gasteiger partial charge in [0.1, 0.15) is 5.82 Å². The number of nitrogens with one attached hydrogen (secondary N) is 1. The van der Waals surface area contributed by atoms with E-state index in [0.717, 1.165) is 17.0 Å². The molecule has 0 unspecified atom stereocenters. The lowest BCUT2D eigenvalue weighted by atomic mass is 10.1. The minimum absolute atomic E-state index is 0.148. The Morgan fingerprint density at radius 3 is 2.77 bits per heavy atom. The molecule has 3 aromatic heterocycles. The summed E-state index contributed by atoms with van der Waals surface area (Å²) in [5, 5.41) is 10.9. The van der Waals surface area contributed by atoms with E-state index in [4.69, 9.17) is 0 Å². The highest BCUT2D eigenvalue weighted by Gasteiger charge is 2.15. The zero-order valence-electron chi connectivity index (χ0n) is 12.5. The van der Waals surface area contributed by atoms with Crippen molar-refractivity contribution in [3.8, 4) is 0 Å². The van der Waals surface area contributed by atoms with Gasteiger partial charge in [0.15, 0.2) is 5.65 Å². The van der Waals surface area contributed by atoms with Gasteiger partial charge < -0.3 is 0 Å². The van der Waals surface area contributed by atoms with Crippen molar-refractivity contribution in [1.82, 2.24) is 24.4 Å². The molecule has 0 saturated carbocycles. The second kappa shape index (κ2) is 5.21. The van der Waals surface area contributed by atoms with Crippen LogP contribution in [0.5, 0.6) is 0 Å². The molecule has 3 rings (SSSR count). The molecule has 7 nitrogen and oxygen atoms in total. The molecule has 0 bridgehead atoms. The first kappa shape index (κ1) is 14.2. The molecule has 3 heterocycles. The molecule has 0 spiro atoms. The van der Waals surface area contributed by atoms with Crippen LogP contribution in [-0.4, -0.2) is 30.3 Å². The van der Waals surface area contributed by atoms with Crippen molar-refractivity contribution in [3.05, 3.63) is 41.1 Å². The minimum atomic E-state index is -0.420. The molecule has 8 heteroatoms. The average molecular weight is 302 g/mol. The maximum atomic E-state index is 13.1. The fourth-order valence-corrected chi connectivity index (χ4v) is 2.31. The van der Waals surface area contributed by atoms with Gasteiger partial charge in [0.2, 0.25) is 11.9 Å². The van der Waals surface area contributed by atoms with Gasteiger partial charge in [0.25, 0.3) is 0 Å². The molecule has 0 fully saturated rings. The summed E-state index contributed by atoms with van der Waals surface area (Å²) in [6.07, 6.45) is 1.39. The van der Waals surface area contributed by atoms with Crippen molar-refractivity contribution in [3.63, 3.8) is 0 Å². The quantitative estimate of drug-likeness (QED) is 0.793.